The van der Waals surface area contributed by atoms with E-state index in [9.17, 15) is 0 Å². The lowest BCUT2D eigenvalue weighted by atomic mass is 10.1. The van der Waals surface area contributed by atoms with Crippen molar-refractivity contribution >= 4 is 15.9 Å². The third-order valence-corrected chi connectivity index (χ3v) is 3.33. The van der Waals surface area contributed by atoms with Gasteiger partial charge in [0.1, 0.15) is 12.2 Å². The summed E-state index contributed by atoms with van der Waals surface area (Å²) in [5.41, 5.74) is 1.61. The molecule has 0 radical (unpaired) electrons. The maximum absolute atomic E-state index is 8.96. The normalized spacial score (nSPS) is 17.9. The second-order valence-corrected chi connectivity index (χ2v) is 4.29. The minimum atomic E-state index is 0.138. The molecule has 0 aromatic heterocycles. The number of hydrogen-bond acceptors (Lipinski definition) is 3. The van der Waals surface area contributed by atoms with Crippen LogP contribution < -0.4 is 9.47 Å². The Bertz CT molecular complexity index is 451. The molecule has 0 amide bonds. The van der Waals surface area contributed by atoms with Crippen molar-refractivity contribution in [1.82, 2.24) is 0 Å². The van der Waals surface area contributed by atoms with E-state index in [1.165, 1.54) is 0 Å². The minimum Gasteiger partial charge on any atom is -0.493 e. The molecule has 0 aliphatic carbocycles. The van der Waals surface area contributed by atoms with Gasteiger partial charge in [0.2, 0.25) is 0 Å². The molecule has 3 nitrogen and oxygen atoms in total. The summed E-state index contributed by atoms with van der Waals surface area (Å²) in [5.74, 6) is 1.39. The first-order valence-corrected chi connectivity index (χ1v) is 5.42. The molecule has 0 saturated carbocycles. The molecule has 0 fully saturated rings. The monoisotopic (exact) mass is 267 g/mol. The van der Waals surface area contributed by atoms with Gasteiger partial charge < -0.3 is 9.47 Å². The van der Waals surface area contributed by atoms with E-state index in [2.05, 4.69) is 22.0 Å². The predicted molar refractivity (Wildman–Crippen MR) is 59.2 cm³/mol. The number of nitrogens with zero attached hydrogens (tertiary/aromatic N) is 1. The van der Waals surface area contributed by atoms with Crippen LogP contribution in [0.5, 0.6) is 11.5 Å². The molecular weight excluding hydrogens is 258 g/mol. The fraction of sp³-hybridized carbons (Fsp3) is 0.364. The lowest BCUT2D eigenvalue weighted by molar-refractivity contribution is 0.243. The Morgan fingerprint density at radius 3 is 3.00 bits per heavy atom. The number of hydrogen-bond donors (Lipinski definition) is 0. The molecule has 1 heterocycles. The van der Waals surface area contributed by atoms with Gasteiger partial charge in [-0.3, -0.25) is 0 Å². The van der Waals surface area contributed by atoms with E-state index in [0.29, 0.717) is 11.3 Å². The van der Waals surface area contributed by atoms with Gasteiger partial charge in [0, 0.05) is 22.5 Å². The van der Waals surface area contributed by atoms with Crippen molar-refractivity contribution in [3.8, 4) is 17.6 Å². The average Bonchev–Trinajstić information content (AvgIpc) is 2.61. The van der Waals surface area contributed by atoms with Crippen LogP contribution in [-0.2, 0) is 6.42 Å². The van der Waals surface area contributed by atoms with Crippen LogP contribution >= 0.6 is 15.9 Å². The van der Waals surface area contributed by atoms with Crippen molar-refractivity contribution in [3.05, 3.63) is 21.7 Å². The zero-order chi connectivity index (χ0) is 11.0. The summed E-state index contributed by atoms with van der Waals surface area (Å²) in [6.45, 7) is 2.00. The smallest absolute Gasteiger partial charge is 0.166 e. The van der Waals surface area contributed by atoms with E-state index >= 15 is 0 Å². The maximum atomic E-state index is 8.96. The van der Waals surface area contributed by atoms with Gasteiger partial charge in [-0.2, -0.15) is 5.26 Å². The molecule has 0 saturated heterocycles. The highest BCUT2D eigenvalue weighted by molar-refractivity contribution is 9.10. The van der Waals surface area contributed by atoms with Crippen LogP contribution in [0.2, 0.25) is 0 Å². The SMILES string of the molecule is COc1cc(C#N)c(Br)c2c1OC(C)C2. The van der Waals surface area contributed by atoms with E-state index in [1.54, 1.807) is 13.2 Å². The number of ether oxygens (including phenoxy) is 2. The first kappa shape index (κ1) is 10.3. The Balaban J connectivity index is 2.64. The van der Waals surface area contributed by atoms with Gasteiger partial charge in [-0.05, 0) is 22.9 Å². The highest BCUT2D eigenvalue weighted by atomic mass is 79.9. The van der Waals surface area contributed by atoms with Gasteiger partial charge in [0.05, 0.1) is 12.7 Å². The molecule has 1 aliphatic rings. The summed E-state index contributed by atoms with van der Waals surface area (Å²) < 4.78 is 11.7. The molecule has 1 aromatic carbocycles. The number of benzene rings is 1. The van der Waals surface area contributed by atoms with Crippen molar-refractivity contribution in [2.75, 3.05) is 7.11 Å². The first-order chi connectivity index (χ1) is 7.17. The number of rotatable bonds is 1. The lowest BCUT2D eigenvalue weighted by Gasteiger charge is -2.09. The Kier molecular flexibility index (Phi) is 2.57. The molecule has 1 atom stereocenters. The summed E-state index contributed by atoms with van der Waals surface area (Å²) in [7, 11) is 1.58. The molecular formula is C11H10BrNO2. The molecule has 0 bridgehead atoms. The molecule has 1 aliphatic heterocycles. The van der Waals surface area contributed by atoms with Gasteiger partial charge in [-0.25, -0.2) is 0 Å². The maximum Gasteiger partial charge on any atom is 0.166 e. The van der Waals surface area contributed by atoms with Crippen LogP contribution in [-0.4, -0.2) is 13.2 Å². The van der Waals surface area contributed by atoms with Crippen LogP contribution in [0.1, 0.15) is 18.1 Å². The van der Waals surface area contributed by atoms with Crippen molar-refractivity contribution < 1.29 is 9.47 Å². The highest BCUT2D eigenvalue weighted by Crippen LogP contribution is 2.43. The standard InChI is InChI=1S/C11H10BrNO2/c1-6-3-8-10(12)7(5-13)4-9(14-2)11(8)15-6/h4,6H,3H2,1-2H3. The van der Waals surface area contributed by atoms with Gasteiger partial charge >= 0.3 is 0 Å². The van der Waals surface area contributed by atoms with Crippen molar-refractivity contribution in [3.63, 3.8) is 0 Å². The lowest BCUT2D eigenvalue weighted by Crippen LogP contribution is -2.05. The summed E-state index contributed by atoms with van der Waals surface area (Å²) >= 11 is 3.43. The Morgan fingerprint density at radius 1 is 1.67 bits per heavy atom. The summed E-state index contributed by atoms with van der Waals surface area (Å²) in [6, 6.07) is 3.83. The van der Waals surface area contributed by atoms with Gasteiger partial charge in [0.25, 0.3) is 0 Å². The molecule has 2 rings (SSSR count). The van der Waals surface area contributed by atoms with E-state index in [-0.39, 0.29) is 6.10 Å². The van der Waals surface area contributed by atoms with E-state index in [0.717, 1.165) is 22.2 Å². The summed E-state index contributed by atoms with van der Waals surface area (Å²) in [4.78, 5) is 0. The Hall–Kier alpha value is -1.21. The zero-order valence-electron chi connectivity index (χ0n) is 8.50. The molecule has 1 aromatic rings. The number of fused-ring (bicyclic) bond motifs is 1. The van der Waals surface area contributed by atoms with Gasteiger partial charge in [-0.1, -0.05) is 0 Å². The van der Waals surface area contributed by atoms with Crippen LogP contribution in [0.3, 0.4) is 0 Å². The van der Waals surface area contributed by atoms with Crippen LogP contribution in [0, 0.1) is 11.3 Å². The second kappa shape index (κ2) is 3.74. The third kappa shape index (κ3) is 1.57. The van der Waals surface area contributed by atoms with Crippen LogP contribution in [0.25, 0.3) is 0 Å². The van der Waals surface area contributed by atoms with Crippen molar-refractivity contribution in [2.24, 2.45) is 0 Å². The van der Waals surface area contributed by atoms with Crippen molar-refractivity contribution in [2.45, 2.75) is 19.4 Å². The quantitative estimate of drug-likeness (QED) is 0.786. The molecule has 78 valence electrons. The van der Waals surface area contributed by atoms with Gasteiger partial charge in [-0.15, -0.1) is 0 Å². The van der Waals surface area contributed by atoms with Crippen molar-refractivity contribution in [1.29, 1.82) is 5.26 Å². The second-order valence-electron chi connectivity index (χ2n) is 3.49. The number of methoxy groups -OCH3 is 1. The molecule has 15 heavy (non-hydrogen) atoms. The average molecular weight is 268 g/mol. The fourth-order valence-electron chi connectivity index (χ4n) is 1.75. The van der Waals surface area contributed by atoms with E-state index < -0.39 is 0 Å². The van der Waals surface area contributed by atoms with E-state index in [1.807, 2.05) is 6.92 Å². The summed E-state index contributed by atoms with van der Waals surface area (Å²) in [5, 5.41) is 8.96. The molecule has 1 unspecified atom stereocenters. The first-order valence-electron chi connectivity index (χ1n) is 4.63. The number of halogens is 1. The predicted octanol–water partition coefficient (Wildman–Crippen LogP) is 2.65. The number of nitriles is 1. The topological polar surface area (TPSA) is 42.2 Å². The Labute approximate surface area is 96.7 Å². The highest BCUT2D eigenvalue weighted by Gasteiger charge is 2.27. The molecule has 4 heteroatoms. The molecule has 0 spiro atoms. The van der Waals surface area contributed by atoms with Crippen LogP contribution in [0.15, 0.2) is 10.5 Å². The zero-order valence-corrected chi connectivity index (χ0v) is 10.1. The van der Waals surface area contributed by atoms with E-state index in [4.69, 9.17) is 14.7 Å². The van der Waals surface area contributed by atoms with Gasteiger partial charge in [0.15, 0.2) is 11.5 Å². The fourth-order valence-corrected chi connectivity index (χ4v) is 2.29. The Morgan fingerprint density at radius 2 is 2.40 bits per heavy atom. The third-order valence-electron chi connectivity index (χ3n) is 2.43. The van der Waals surface area contributed by atoms with Crippen LogP contribution in [0.4, 0.5) is 0 Å². The largest absolute Gasteiger partial charge is 0.493 e. The summed E-state index contributed by atoms with van der Waals surface area (Å²) in [6.07, 6.45) is 0.945. The minimum absolute atomic E-state index is 0.138. The molecule has 0 N–H and O–H groups in total.